The lowest BCUT2D eigenvalue weighted by atomic mass is 10.0. The summed E-state index contributed by atoms with van der Waals surface area (Å²) >= 11 is 1.63. The molecule has 0 radical (unpaired) electrons. The Morgan fingerprint density at radius 3 is 2.69 bits per heavy atom. The summed E-state index contributed by atoms with van der Waals surface area (Å²) < 4.78 is 12.6. The van der Waals surface area contributed by atoms with E-state index < -0.39 is 6.23 Å². The molecule has 1 aromatic heterocycles. The van der Waals surface area contributed by atoms with Gasteiger partial charge in [0.05, 0.1) is 12.2 Å². The second-order valence-corrected chi connectivity index (χ2v) is 9.54. The molecule has 2 heterocycles. The van der Waals surface area contributed by atoms with E-state index in [1.165, 1.54) is 19.3 Å². The summed E-state index contributed by atoms with van der Waals surface area (Å²) in [6, 6.07) is 20.4. The van der Waals surface area contributed by atoms with E-state index in [0.717, 1.165) is 45.5 Å². The van der Waals surface area contributed by atoms with Crippen molar-refractivity contribution in [3.05, 3.63) is 66.2 Å². The molecule has 5 rings (SSSR count). The molecule has 4 aromatic rings. The Bertz CT molecular complexity index is 1310. The van der Waals surface area contributed by atoms with Crippen molar-refractivity contribution in [3.63, 3.8) is 0 Å². The maximum absolute atomic E-state index is 6.59. The van der Waals surface area contributed by atoms with Crippen LogP contribution in [0.15, 0.2) is 65.8 Å². The fourth-order valence-electron chi connectivity index (χ4n) is 4.36. The van der Waals surface area contributed by atoms with Gasteiger partial charge in [0.2, 0.25) is 17.3 Å². The fourth-order valence-corrected chi connectivity index (χ4v) is 5.14. The molecule has 0 fully saturated rings. The Morgan fingerprint density at radius 1 is 0.943 bits per heavy atom. The summed E-state index contributed by atoms with van der Waals surface area (Å²) in [5.41, 5.74) is 3.43. The highest BCUT2D eigenvalue weighted by atomic mass is 32.2. The Morgan fingerprint density at radius 2 is 1.80 bits per heavy atom. The van der Waals surface area contributed by atoms with Gasteiger partial charge in [-0.3, -0.25) is 0 Å². The lowest BCUT2D eigenvalue weighted by Crippen LogP contribution is -2.19. The van der Waals surface area contributed by atoms with Crippen LogP contribution in [0.25, 0.3) is 22.0 Å². The fraction of sp³-hybridized carbons (Fsp3) is 0.321. The average Bonchev–Trinajstić information content (AvgIpc) is 3.05. The zero-order chi connectivity index (χ0) is 24.0. The van der Waals surface area contributed by atoms with E-state index in [1.54, 1.807) is 11.8 Å². The number of hydrogen-bond donors (Lipinski definition) is 1. The summed E-state index contributed by atoms with van der Waals surface area (Å²) in [5, 5.41) is 15.4. The molecule has 0 aliphatic carbocycles. The average molecular weight is 487 g/mol. The minimum atomic E-state index is -0.510. The van der Waals surface area contributed by atoms with Crippen molar-refractivity contribution in [2.45, 2.75) is 50.9 Å². The van der Waals surface area contributed by atoms with Gasteiger partial charge in [-0.15, -0.1) is 10.2 Å². The summed E-state index contributed by atoms with van der Waals surface area (Å²) in [6.07, 6.45) is 4.33. The van der Waals surface area contributed by atoms with Gasteiger partial charge in [0.1, 0.15) is 5.75 Å². The van der Waals surface area contributed by atoms with Crippen molar-refractivity contribution in [2.75, 3.05) is 17.7 Å². The van der Waals surface area contributed by atoms with E-state index in [0.29, 0.717) is 23.3 Å². The predicted octanol–water partition coefficient (Wildman–Crippen LogP) is 7.27. The predicted molar refractivity (Wildman–Crippen MR) is 142 cm³/mol. The topological polar surface area (TPSA) is 69.2 Å². The Kier molecular flexibility index (Phi) is 7.33. The van der Waals surface area contributed by atoms with Crippen LogP contribution in [0.2, 0.25) is 0 Å². The number of para-hydroxylation sites is 1. The lowest BCUT2D eigenvalue weighted by Gasteiger charge is -2.23. The van der Waals surface area contributed by atoms with Crippen molar-refractivity contribution < 1.29 is 9.47 Å². The van der Waals surface area contributed by atoms with Crippen molar-refractivity contribution in [1.82, 2.24) is 15.2 Å². The number of thioether (sulfide) groups is 1. The first-order chi connectivity index (χ1) is 17.3. The van der Waals surface area contributed by atoms with E-state index >= 15 is 0 Å². The number of benzene rings is 3. The van der Waals surface area contributed by atoms with Gasteiger partial charge in [0, 0.05) is 17.0 Å². The molecule has 0 amide bonds. The van der Waals surface area contributed by atoms with Gasteiger partial charge in [-0.2, -0.15) is 4.98 Å². The molecule has 7 heteroatoms. The van der Waals surface area contributed by atoms with Gasteiger partial charge in [-0.25, -0.2) is 0 Å². The van der Waals surface area contributed by atoms with Gasteiger partial charge in [0.25, 0.3) is 0 Å². The summed E-state index contributed by atoms with van der Waals surface area (Å²) in [7, 11) is 0. The third-order valence-electron chi connectivity index (χ3n) is 6.06. The first-order valence-electron chi connectivity index (χ1n) is 12.3. The van der Waals surface area contributed by atoms with E-state index in [9.17, 15) is 0 Å². The van der Waals surface area contributed by atoms with Crippen LogP contribution in [0.4, 0.5) is 5.69 Å². The van der Waals surface area contributed by atoms with Crippen LogP contribution >= 0.6 is 11.8 Å². The lowest BCUT2D eigenvalue weighted by molar-refractivity contribution is 0.218. The third kappa shape index (κ3) is 5.05. The summed E-state index contributed by atoms with van der Waals surface area (Å²) in [4.78, 5) is 4.81. The molecule has 6 nitrogen and oxygen atoms in total. The number of hydrogen-bond acceptors (Lipinski definition) is 7. The number of nitrogens with zero attached hydrogens (tertiary/aromatic N) is 3. The maximum atomic E-state index is 6.59. The minimum Gasteiger partial charge on any atom is -0.493 e. The number of aromatic nitrogens is 3. The second kappa shape index (κ2) is 11.0. The maximum Gasteiger partial charge on any atom is 0.247 e. The zero-order valence-electron chi connectivity index (χ0n) is 20.2. The Labute approximate surface area is 210 Å². The molecule has 1 aliphatic rings. The number of anilines is 1. The van der Waals surface area contributed by atoms with Crippen LogP contribution in [0.5, 0.6) is 11.6 Å². The van der Waals surface area contributed by atoms with Gasteiger partial charge < -0.3 is 14.8 Å². The van der Waals surface area contributed by atoms with Crippen LogP contribution < -0.4 is 14.8 Å². The smallest absolute Gasteiger partial charge is 0.247 e. The third-order valence-corrected chi connectivity index (χ3v) is 6.98. The van der Waals surface area contributed by atoms with Gasteiger partial charge in [0.15, 0.2) is 5.69 Å². The molecule has 0 unspecified atom stereocenters. The quantitative estimate of drug-likeness (QED) is 0.197. The molecule has 0 spiro atoms. The Balaban J connectivity index is 1.56. The molecule has 180 valence electrons. The van der Waals surface area contributed by atoms with Crippen LogP contribution in [-0.2, 0) is 0 Å². The van der Waals surface area contributed by atoms with Crippen molar-refractivity contribution in [3.8, 4) is 22.9 Å². The summed E-state index contributed by atoms with van der Waals surface area (Å²) in [6.45, 7) is 4.78. The Hall–Kier alpha value is -3.32. The highest BCUT2D eigenvalue weighted by Crippen LogP contribution is 2.43. The summed E-state index contributed by atoms with van der Waals surface area (Å²) in [5.74, 6) is 2.24. The normalized spacial score (nSPS) is 14.4. The van der Waals surface area contributed by atoms with Gasteiger partial charge in [-0.1, -0.05) is 86.5 Å². The van der Waals surface area contributed by atoms with Crippen molar-refractivity contribution in [1.29, 1.82) is 0 Å². The van der Waals surface area contributed by atoms with E-state index in [-0.39, 0.29) is 0 Å². The first kappa shape index (κ1) is 23.4. The van der Waals surface area contributed by atoms with Crippen LogP contribution in [0.3, 0.4) is 0 Å². The number of rotatable bonds is 9. The van der Waals surface area contributed by atoms with E-state index in [2.05, 4.69) is 40.6 Å². The first-order valence-corrected chi connectivity index (χ1v) is 13.3. The highest BCUT2D eigenvalue weighted by Gasteiger charge is 2.29. The van der Waals surface area contributed by atoms with Crippen molar-refractivity contribution in [2.24, 2.45) is 0 Å². The van der Waals surface area contributed by atoms with Gasteiger partial charge >= 0.3 is 0 Å². The molecule has 0 saturated heterocycles. The van der Waals surface area contributed by atoms with Crippen molar-refractivity contribution >= 4 is 28.2 Å². The van der Waals surface area contributed by atoms with Crippen LogP contribution in [0.1, 0.15) is 51.3 Å². The number of fused-ring (bicyclic) bond motifs is 4. The number of unbranched alkanes of at least 4 members (excludes halogenated alkanes) is 3. The molecule has 3 aromatic carbocycles. The molecule has 1 aliphatic heterocycles. The molecular weight excluding hydrogens is 456 g/mol. The minimum absolute atomic E-state index is 0.480. The number of nitrogens with one attached hydrogen (secondary N) is 1. The zero-order valence-corrected chi connectivity index (χ0v) is 21.0. The second-order valence-electron chi connectivity index (χ2n) is 8.48. The molecule has 1 atom stereocenters. The molecule has 1 N–H and O–H groups in total. The van der Waals surface area contributed by atoms with Gasteiger partial charge in [-0.05, 0) is 36.2 Å². The molecule has 0 saturated carbocycles. The monoisotopic (exact) mass is 486 g/mol. The standard InChI is InChI=1S/C28H30N4O2S/c1-3-5-6-11-18-35-28-30-27-25(31-32-28)21-14-9-10-15-22(21)29-26(34-27)24-20-13-8-7-12-19(20)16-17-23(24)33-4-2/h7-10,12-17,26,29H,3-6,11,18H2,1-2H3/t26-/m1/s1. The molecule has 35 heavy (non-hydrogen) atoms. The molecule has 0 bridgehead atoms. The van der Waals surface area contributed by atoms with Crippen LogP contribution in [-0.4, -0.2) is 27.5 Å². The van der Waals surface area contributed by atoms with Crippen LogP contribution in [0, 0.1) is 0 Å². The van der Waals surface area contributed by atoms with E-state index in [1.807, 2.05) is 49.4 Å². The highest BCUT2D eigenvalue weighted by molar-refractivity contribution is 7.99. The molecular formula is C28H30N4O2S. The largest absolute Gasteiger partial charge is 0.493 e. The SMILES string of the molecule is CCCCCCSc1nnc2c(n1)O[C@H](c1c(OCC)ccc3ccccc13)Nc1ccccc1-2. The number of ether oxygens (including phenoxy) is 2. The van der Waals surface area contributed by atoms with E-state index in [4.69, 9.17) is 14.5 Å².